The van der Waals surface area contributed by atoms with Gasteiger partial charge < -0.3 is 4.90 Å². The number of nitrogens with zero attached hydrogens (tertiary/aromatic N) is 2. The fraction of sp³-hybridized carbons (Fsp3) is 0.588. The van der Waals surface area contributed by atoms with Gasteiger partial charge in [-0.2, -0.15) is 0 Å². The van der Waals surface area contributed by atoms with Crippen molar-refractivity contribution in [3.63, 3.8) is 0 Å². The zero-order chi connectivity index (χ0) is 16.9. The van der Waals surface area contributed by atoms with E-state index in [2.05, 4.69) is 6.92 Å². The minimum absolute atomic E-state index is 0.0449. The van der Waals surface area contributed by atoms with Crippen molar-refractivity contribution in [3.8, 4) is 0 Å². The lowest BCUT2D eigenvalue weighted by molar-refractivity contribution is -0.131. The van der Waals surface area contributed by atoms with Gasteiger partial charge in [-0.25, -0.2) is 8.42 Å². The Balaban J connectivity index is 2.05. The number of anilines is 1. The zero-order valence-electron chi connectivity index (χ0n) is 14.0. The van der Waals surface area contributed by atoms with Crippen molar-refractivity contribution in [1.29, 1.82) is 0 Å². The molecule has 1 amide bonds. The van der Waals surface area contributed by atoms with Crippen LogP contribution in [0.5, 0.6) is 0 Å². The summed E-state index contributed by atoms with van der Waals surface area (Å²) in [6, 6.07) is 7.48. The first kappa shape index (κ1) is 17.8. The number of benzene rings is 1. The molecule has 1 saturated heterocycles. The van der Waals surface area contributed by atoms with E-state index in [4.69, 9.17) is 0 Å². The van der Waals surface area contributed by atoms with Gasteiger partial charge in [0.05, 0.1) is 11.9 Å². The fourth-order valence-electron chi connectivity index (χ4n) is 2.88. The highest BCUT2D eigenvalue weighted by atomic mass is 32.2. The van der Waals surface area contributed by atoms with E-state index < -0.39 is 10.0 Å². The van der Waals surface area contributed by atoms with Gasteiger partial charge in [-0.15, -0.1) is 0 Å². The predicted molar refractivity (Wildman–Crippen MR) is 93.1 cm³/mol. The van der Waals surface area contributed by atoms with Crippen LogP contribution in [0.25, 0.3) is 0 Å². The summed E-state index contributed by atoms with van der Waals surface area (Å²) in [6.07, 6.45) is 5.57. The molecule has 6 heteroatoms. The fourth-order valence-corrected chi connectivity index (χ4v) is 3.81. The number of sulfonamides is 1. The van der Waals surface area contributed by atoms with E-state index in [1.165, 1.54) is 17.0 Å². The largest absolute Gasteiger partial charge is 0.343 e. The molecule has 128 valence electrons. The summed E-state index contributed by atoms with van der Waals surface area (Å²) >= 11 is 0. The summed E-state index contributed by atoms with van der Waals surface area (Å²) in [5.74, 6) is 0.0449. The number of hydrogen-bond donors (Lipinski definition) is 0. The third kappa shape index (κ3) is 4.96. The second-order valence-electron chi connectivity index (χ2n) is 6.05. The Morgan fingerprint density at radius 1 is 1.13 bits per heavy atom. The molecule has 1 aromatic carbocycles. The molecule has 0 spiro atoms. The SMILES string of the molecule is CCc1ccc(N(CCC(=O)N2CCCCC2)S(C)(=O)=O)cc1. The van der Waals surface area contributed by atoms with Crippen molar-refractivity contribution < 1.29 is 13.2 Å². The number of rotatable bonds is 6. The van der Waals surface area contributed by atoms with Gasteiger partial charge in [0.1, 0.15) is 0 Å². The van der Waals surface area contributed by atoms with Crippen LogP contribution in [0.1, 0.15) is 38.2 Å². The van der Waals surface area contributed by atoms with Crippen LogP contribution < -0.4 is 4.31 Å². The molecule has 1 fully saturated rings. The second kappa shape index (κ2) is 7.81. The molecule has 0 aromatic heterocycles. The smallest absolute Gasteiger partial charge is 0.232 e. The molecule has 0 saturated carbocycles. The number of carbonyl (C=O) groups excluding carboxylic acids is 1. The first-order valence-corrected chi connectivity index (χ1v) is 10.1. The maximum absolute atomic E-state index is 12.3. The van der Waals surface area contributed by atoms with Crippen LogP contribution in [0.3, 0.4) is 0 Å². The van der Waals surface area contributed by atoms with Crippen molar-refractivity contribution in [2.45, 2.75) is 39.0 Å². The lowest BCUT2D eigenvalue weighted by Gasteiger charge is -2.28. The summed E-state index contributed by atoms with van der Waals surface area (Å²) in [4.78, 5) is 14.1. The molecule has 1 aliphatic heterocycles. The highest BCUT2D eigenvalue weighted by Crippen LogP contribution is 2.19. The first-order chi connectivity index (χ1) is 10.9. The van der Waals surface area contributed by atoms with E-state index in [1.54, 1.807) is 0 Å². The van der Waals surface area contributed by atoms with Gasteiger partial charge >= 0.3 is 0 Å². The van der Waals surface area contributed by atoms with Crippen LogP contribution >= 0.6 is 0 Å². The summed E-state index contributed by atoms with van der Waals surface area (Å²) in [7, 11) is -3.40. The van der Waals surface area contributed by atoms with E-state index in [-0.39, 0.29) is 18.9 Å². The molecule has 5 nitrogen and oxygen atoms in total. The van der Waals surface area contributed by atoms with Crippen molar-refractivity contribution in [1.82, 2.24) is 4.90 Å². The monoisotopic (exact) mass is 338 g/mol. The maximum Gasteiger partial charge on any atom is 0.232 e. The molecule has 0 N–H and O–H groups in total. The number of likely N-dealkylation sites (tertiary alicyclic amines) is 1. The van der Waals surface area contributed by atoms with Gasteiger partial charge in [0.15, 0.2) is 0 Å². The van der Waals surface area contributed by atoms with Crippen molar-refractivity contribution in [3.05, 3.63) is 29.8 Å². The molecular weight excluding hydrogens is 312 g/mol. The van der Waals surface area contributed by atoms with Gasteiger partial charge in [0, 0.05) is 26.1 Å². The standard InChI is InChI=1S/C17H26N2O3S/c1-3-15-7-9-16(10-8-15)19(23(2,21)22)14-11-17(20)18-12-5-4-6-13-18/h7-10H,3-6,11-14H2,1-2H3. The van der Waals surface area contributed by atoms with E-state index in [0.717, 1.165) is 37.9 Å². The molecule has 0 bridgehead atoms. The molecule has 23 heavy (non-hydrogen) atoms. The van der Waals surface area contributed by atoms with Gasteiger partial charge in [0.25, 0.3) is 0 Å². The summed E-state index contributed by atoms with van der Waals surface area (Å²) in [6.45, 7) is 3.84. The number of amides is 1. The zero-order valence-corrected chi connectivity index (χ0v) is 14.8. The highest BCUT2D eigenvalue weighted by Gasteiger charge is 2.21. The lowest BCUT2D eigenvalue weighted by atomic mass is 10.1. The van der Waals surface area contributed by atoms with Crippen LogP contribution in [-0.2, 0) is 21.2 Å². The molecule has 0 aliphatic carbocycles. The van der Waals surface area contributed by atoms with E-state index in [0.29, 0.717) is 5.69 Å². The summed E-state index contributed by atoms with van der Waals surface area (Å²) < 4.78 is 25.5. The Hall–Kier alpha value is -1.56. The van der Waals surface area contributed by atoms with Crippen molar-refractivity contribution in [2.75, 3.05) is 30.2 Å². The molecule has 0 radical (unpaired) electrons. The lowest BCUT2D eigenvalue weighted by Crippen LogP contribution is -2.39. The number of carbonyl (C=O) groups is 1. The summed E-state index contributed by atoms with van der Waals surface area (Å²) in [5, 5.41) is 0. The average Bonchev–Trinajstić information content (AvgIpc) is 2.55. The Bertz CT molecular complexity index is 620. The Morgan fingerprint density at radius 3 is 2.26 bits per heavy atom. The van der Waals surface area contributed by atoms with Gasteiger partial charge in [-0.1, -0.05) is 19.1 Å². The Labute approximate surface area is 139 Å². The average molecular weight is 338 g/mol. The Kier molecular flexibility index (Phi) is 6.04. The van der Waals surface area contributed by atoms with Crippen LogP contribution in [0, 0.1) is 0 Å². The molecule has 0 unspecified atom stereocenters. The maximum atomic E-state index is 12.3. The second-order valence-corrected chi connectivity index (χ2v) is 7.95. The minimum Gasteiger partial charge on any atom is -0.343 e. The van der Waals surface area contributed by atoms with E-state index >= 15 is 0 Å². The quantitative estimate of drug-likeness (QED) is 0.800. The molecule has 2 rings (SSSR count). The molecule has 0 atom stereocenters. The van der Waals surface area contributed by atoms with Crippen molar-refractivity contribution in [2.24, 2.45) is 0 Å². The predicted octanol–water partition coefficient (Wildman–Crippen LogP) is 2.42. The highest BCUT2D eigenvalue weighted by molar-refractivity contribution is 7.92. The number of piperidine rings is 1. The van der Waals surface area contributed by atoms with Crippen LogP contribution in [0.4, 0.5) is 5.69 Å². The summed E-state index contributed by atoms with van der Waals surface area (Å²) in [5.41, 5.74) is 1.78. The minimum atomic E-state index is -3.40. The van der Waals surface area contributed by atoms with Crippen LogP contribution in [0.2, 0.25) is 0 Å². The Morgan fingerprint density at radius 2 is 1.74 bits per heavy atom. The molecule has 1 aliphatic rings. The molecule has 1 heterocycles. The topological polar surface area (TPSA) is 57.7 Å². The molecular formula is C17H26N2O3S. The van der Waals surface area contributed by atoms with E-state index in [1.807, 2.05) is 29.2 Å². The van der Waals surface area contributed by atoms with Gasteiger partial charge in [0.2, 0.25) is 15.9 Å². The van der Waals surface area contributed by atoms with Crippen LogP contribution in [-0.4, -0.2) is 45.1 Å². The third-order valence-electron chi connectivity index (χ3n) is 4.27. The molecule has 1 aromatic rings. The number of hydrogen-bond acceptors (Lipinski definition) is 3. The van der Waals surface area contributed by atoms with Crippen molar-refractivity contribution >= 4 is 21.6 Å². The van der Waals surface area contributed by atoms with E-state index in [9.17, 15) is 13.2 Å². The van der Waals surface area contributed by atoms with Gasteiger partial charge in [-0.3, -0.25) is 9.10 Å². The number of aryl methyl sites for hydroxylation is 1. The normalized spacial score (nSPS) is 15.5. The first-order valence-electron chi connectivity index (χ1n) is 8.26. The third-order valence-corrected chi connectivity index (χ3v) is 5.46. The van der Waals surface area contributed by atoms with Gasteiger partial charge in [-0.05, 0) is 43.4 Å². The van der Waals surface area contributed by atoms with Crippen LogP contribution in [0.15, 0.2) is 24.3 Å².